The highest BCUT2D eigenvalue weighted by Crippen LogP contribution is 2.18. The van der Waals surface area contributed by atoms with Crippen LogP contribution in [0.4, 0.5) is 4.39 Å². The summed E-state index contributed by atoms with van der Waals surface area (Å²) in [6.45, 7) is 2.12. The standard InChI is InChI=1S/C15H19FN4O/c16-12-2-6-15(7-3-12)21-9-1-8-20-11-14(18-19-20)10-17-13-4-5-13/h2-3,6-7,11,13,17H,1,4-5,8-10H2. The second-order valence-electron chi connectivity index (χ2n) is 5.28. The van der Waals surface area contributed by atoms with Crippen molar-refractivity contribution >= 4 is 0 Å². The number of aryl methyl sites for hydroxylation is 1. The molecule has 0 aliphatic heterocycles. The summed E-state index contributed by atoms with van der Waals surface area (Å²) >= 11 is 0. The van der Waals surface area contributed by atoms with E-state index in [1.54, 1.807) is 12.1 Å². The van der Waals surface area contributed by atoms with Crippen LogP contribution < -0.4 is 10.1 Å². The molecule has 1 heterocycles. The van der Waals surface area contributed by atoms with Crippen LogP contribution in [0.25, 0.3) is 0 Å². The summed E-state index contributed by atoms with van der Waals surface area (Å²) < 4.78 is 20.1. The molecular formula is C15H19FN4O. The van der Waals surface area contributed by atoms with Gasteiger partial charge in [-0.15, -0.1) is 5.10 Å². The average Bonchev–Trinajstić information content (AvgIpc) is 3.22. The van der Waals surface area contributed by atoms with Crippen molar-refractivity contribution in [1.82, 2.24) is 20.3 Å². The summed E-state index contributed by atoms with van der Waals surface area (Å²) in [5.41, 5.74) is 0.973. The van der Waals surface area contributed by atoms with E-state index in [1.807, 2.05) is 10.9 Å². The fourth-order valence-electron chi connectivity index (χ4n) is 2.01. The van der Waals surface area contributed by atoms with Crippen molar-refractivity contribution < 1.29 is 9.13 Å². The Kier molecular flexibility index (Phi) is 4.45. The summed E-state index contributed by atoms with van der Waals surface area (Å²) in [7, 11) is 0. The molecule has 3 rings (SSSR count). The number of hydrogen-bond donors (Lipinski definition) is 1. The maximum Gasteiger partial charge on any atom is 0.123 e. The molecule has 5 nitrogen and oxygen atoms in total. The number of nitrogens with one attached hydrogen (secondary N) is 1. The lowest BCUT2D eigenvalue weighted by Crippen LogP contribution is -2.15. The van der Waals surface area contributed by atoms with Gasteiger partial charge < -0.3 is 10.1 Å². The highest BCUT2D eigenvalue weighted by molar-refractivity contribution is 5.21. The lowest BCUT2D eigenvalue weighted by molar-refractivity contribution is 0.297. The van der Waals surface area contributed by atoms with Crippen LogP contribution in [0.5, 0.6) is 5.75 Å². The molecule has 1 saturated carbocycles. The minimum atomic E-state index is -0.252. The van der Waals surface area contributed by atoms with Gasteiger partial charge in [0.1, 0.15) is 11.6 Å². The number of aromatic nitrogens is 3. The highest BCUT2D eigenvalue weighted by atomic mass is 19.1. The molecule has 0 bridgehead atoms. The van der Waals surface area contributed by atoms with Gasteiger partial charge in [0.25, 0.3) is 0 Å². The van der Waals surface area contributed by atoms with Crippen molar-refractivity contribution in [3.8, 4) is 5.75 Å². The van der Waals surface area contributed by atoms with Crippen LogP contribution in [0, 0.1) is 5.82 Å². The topological polar surface area (TPSA) is 52.0 Å². The zero-order chi connectivity index (χ0) is 14.5. The molecule has 1 aromatic heterocycles. The zero-order valence-electron chi connectivity index (χ0n) is 11.8. The quantitative estimate of drug-likeness (QED) is 0.757. The van der Waals surface area contributed by atoms with Gasteiger partial charge in [0.05, 0.1) is 12.3 Å². The molecule has 0 amide bonds. The Hall–Kier alpha value is -1.95. The molecule has 0 radical (unpaired) electrons. The van der Waals surface area contributed by atoms with Gasteiger partial charge in [0.15, 0.2) is 0 Å². The molecular weight excluding hydrogens is 271 g/mol. The number of ether oxygens (including phenoxy) is 1. The minimum absolute atomic E-state index is 0.252. The Balaban J connectivity index is 1.35. The number of rotatable bonds is 8. The molecule has 1 N–H and O–H groups in total. The van der Waals surface area contributed by atoms with Crippen LogP contribution in [0.1, 0.15) is 25.0 Å². The number of halogens is 1. The van der Waals surface area contributed by atoms with E-state index in [0.717, 1.165) is 25.2 Å². The van der Waals surface area contributed by atoms with Gasteiger partial charge in [-0.25, -0.2) is 4.39 Å². The number of nitrogens with zero attached hydrogens (tertiary/aromatic N) is 3. The lowest BCUT2D eigenvalue weighted by Gasteiger charge is -2.05. The van der Waals surface area contributed by atoms with E-state index in [0.29, 0.717) is 18.4 Å². The Morgan fingerprint density at radius 2 is 2.10 bits per heavy atom. The lowest BCUT2D eigenvalue weighted by atomic mass is 10.3. The summed E-state index contributed by atoms with van der Waals surface area (Å²) in [5.74, 6) is 0.432. The van der Waals surface area contributed by atoms with E-state index in [1.165, 1.54) is 25.0 Å². The van der Waals surface area contributed by atoms with Gasteiger partial charge in [0, 0.05) is 31.7 Å². The first-order valence-electron chi connectivity index (χ1n) is 7.30. The second-order valence-corrected chi connectivity index (χ2v) is 5.28. The van der Waals surface area contributed by atoms with Crippen molar-refractivity contribution in [2.75, 3.05) is 6.61 Å². The first kappa shape index (κ1) is 14.0. The normalized spacial score (nSPS) is 14.3. The minimum Gasteiger partial charge on any atom is -0.494 e. The third kappa shape index (κ3) is 4.53. The monoisotopic (exact) mass is 290 g/mol. The summed E-state index contributed by atoms with van der Waals surface area (Å²) in [6.07, 6.45) is 5.34. The van der Waals surface area contributed by atoms with E-state index in [9.17, 15) is 4.39 Å². The van der Waals surface area contributed by atoms with Crippen molar-refractivity contribution in [1.29, 1.82) is 0 Å². The van der Waals surface area contributed by atoms with Gasteiger partial charge in [-0.1, -0.05) is 5.21 Å². The van der Waals surface area contributed by atoms with Crippen molar-refractivity contribution in [2.24, 2.45) is 0 Å². The number of benzene rings is 1. The third-order valence-electron chi connectivity index (χ3n) is 3.35. The first-order valence-corrected chi connectivity index (χ1v) is 7.30. The van der Waals surface area contributed by atoms with Crippen LogP contribution in [-0.2, 0) is 13.1 Å². The van der Waals surface area contributed by atoms with Gasteiger partial charge in [-0.2, -0.15) is 0 Å². The Morgan fingerprint density at radius 3 is 2.86 bits per heavy atom. The maximum atomic E-state index is 12.7. The SMILES string of the molecule is Fc1ccc(OCCCn2cc(CNC3CC3)nn2)cc1. The predicted molar refractivity (Wildman–Crippen MR) is 76.4 cm³/mol. The van der Waals surface area contributed by atoms with E-state index in [2.05, 4.69) is 15.6 Å². The Labute approximate surface area is 123 Å². The predicted octanol–water partition coefficient (Wildman–Crippen LogP) is 2.14. The van der Waals surface area contributed by atoms with Gasteiger partial charge in [-0.3, -0.25) is 4.68 Å². The van der Waals surface area contributed by atoms with Crippen molar-refractivity contribution in [3.05, 3.63) is 42.0 Å². The van der Waals surface area contributed by atoms with Crippen LogP contribution >= 0.6 is 0 Å². The third-order valence-corrected chi connectivity index (χ3v) is 3.35. The first-order chi connectivity index (χ1) is 10.3. The fourth-order valence-corrected chi connectivity index (χ4v) is 2.01. The molecule has 21 heavy (non-hydrogen) atoms. The van der Waals surface area contributed by atoms with Gasteiger partial charge in [0.2, 0.25) is 0 Å². The molecule has 6 heteroatoms. The Bertz CT molecular complexity index is 565. The molecule has 1 aliphatic carbocycles. The molecule has 1 aliphatic rings. The fraction of sp³-hybridized carbons (Fsp3) is 0.467. The second kappa shape index (κ2) is 6.67. The Morgan fingerprint density at radius 1 is 1.29 bits per heavy atom. The molecule has 0 atom stereocenters. The molecule has 112 valence electrons. The zero-order valence-corrected chi connectivity index (χ0v) is 11.8. The summed E-state index contributed by atoms with van der Waals surface area (Å²) in [5, 5.41) is 11.6. The van der Waals surface area contributed by atoms with Crippen LogP contribution in [0.3, 0.4) is 0 Å². The number of hydrogen-bond acceptors (Lipinski definition) is 4. The highest BCUT2D eigenvalue weighted by Gasteiger charge is 2.20. The largest absolute Gasteiger partial charge is 0.494 e. The maximum absolute atomic E-state index is 12.7. The molecule has 1 fully saturated rings. The van der Waals surface area contributed by atoms with Crippen LogP contribution in [0.15, 0.2) is 30.5 Å². The van der Waals surface area contributed by atoms with Crippen LogP contribution in [-0.4, -0.2) is 27.6 Å². The molecule has 0 spiro atoms. The van der Waals surface area contributed by atoms with Gasteiger partial charge in [-0.05, 0) is 37.1 Å². The molecule has 0 unspecified atom stereocenters. The van der Waals surface area contributed by atoms with E-state index >= 15 is 0 Å². The van der Waals surface area contributed by atoms with E-state index in [4.69, 9.17) is 4.74 Å². The van der Waals surface area contributed by atoms with E-state index in [-0.39, 0.29) is 5.82 Å². The van der Waals surface area contributed by atoms with Crippen molar-refractivity contribution in [3.63, 3.8) is 0 Å². The van der Waals surface area contributed by atoms with E-state index < -0.39 is 0 Å². The average molecular weight is 290 g/mol. The molecule has 0 saturated heterocycles. The van der Waals surface area contributed by atoms with Crippen molar-refractivity contribution in [2.45, 2.75) is 38.4 Å². The van der Waals surface area contributed by atoms with Gasteiger partial charge >= 0.3 is 0 Å². The summed E-state index contributed by atoms with van der Waals surface area (Å²) in [6, 6.07) is 6.73. The molecule has 2 aromatic rings. The summed E-state index contributed by atoms with van der Waals surface area (Å²) in [4.78, 5) is 0. The molecule has 1 aromatic carbocycles. The smallest absolute Gasteiger partial charge is 0.123 e. The van der Waals surface area contributed by atoms with Crippen LogP contribution in [0.2, 0.25) is 0 Å².